The van der Waals surface area contributed by atoms with Crippen molar-refractivity contribution in [1.29, 1.82) is 0 Å². The SMILES string of the molecule is CC(C)(C)NC(=O)CNCC1CSCCS1. The van der Waals surface area contributed by atoms with E-state index in [4.69, 9.17) is 0 Å². The molecule has 0 aromatic carbocycles. The molecule has 1 unspecified atom stereocenters. The lowest BCUT2D eigenvalue weighted by molar-refractivity contribution is -0.121. The average molecular weight is 262 g/mol. The van der Waals surface area contributed by atoms with Crippen molar-refractivity contribution >= 4 is 29.4 Å². The zero-order valence-corrected chi connectivity index (χ0v) is 12.0. The third-order valence-electron chi connectivity index (χ3n) is 2.06. The Kier molecular flexibility index (Phi) is 6.00. The molecule has 1 heterocycles. The first-order chi connectivity index (χ1) is 7.47. The van der Waals surface area contributed by atoms with Gasteiger partial charge < -0.3 is 10.6 Å². The number of carbonyl (C=O) groups is 1. The monoisotopic (exact) mass is 262 g/mol. The lowest BCUT2D eigenvalue weighted by Gasteiger charge is -2.23. The van der Waals surface area contributed by atoms with Gasteiger partial charge in [0.2, 0.25) is 5.91 Å². The van der Waals surface area contributed by atoms with Crippen molar-refractivity contribution in [3.63, 3.8) is 0 Å². The molecule has 0 saturated carbocycles. The first kappa shape index (κ1) is 14.2. The van der Waals surface area contributed by atoms with E-state index in [0.29, 0.717) is 11.8 Å². The van der Waals surface area contributed by atoms with Crippen LogP contribution in [-0.4, -0.2) is 47.0 Å². The van der Waals surface area contributed by atoms with Crippen molar-refractivity contribution in [2.24, 2.45) is 0 Å². The summed E-state index contributed by atoms with van der Waals surface area (Å²) >= 11 is 4.02. The standard InChI is InChI=1S/C11H22N2OS2/c1-11(2,3)13-10(14)7-12-6-9-8-15-4-5-16-9/h9,12H,4-8H2,1-3H3,(H,13,14). The lowest BCUT2D eigenvalue weighted by Crippen LogP contribution is -2.45. The lowest BCUT2D eigenvalue weighted by atomic mass is 10.1. The van der Waals surface area contributed by atoms with Crippen molar-refractivity contribution in [2.75, 3.05) is 30.3 Å². The molecule has 0 aromatic rings. The van der Waals surface area contributed by atoms with E-state index in [-0.39, 0.29) is 11.4 Å². The summed E-state index contributed by atoms with van der Waals surface area (Å²) in [5.74, 6) is 3.80. The Morgan fingerprint density at radius 1 is 1.38 bits per heavy atom. The fourth-order valence-electron chi connectivity index (χ4n) is 1.46. The van der Waals surface area contributed by atoms with Crippen LogP contribution in [0.2, 0.25) is 0 Å². The van der Waals surface area contributed by atoms with Crippen LogP contribution in [-0.2, 0) is 4.79 Å². The Morgan fingerprint density at radius 3 is 2.69 bits per heavy atom. The van der Waals surface area contributed by atoms with Gasteiger partial charge >= 0.3 is 0 Å². The Labute approximate surface area is 107 Å². The third kappa shape index (κ3) is 6.66. The molecule has 16 heavy (non-hydrogen) atoms. The summed E-state index contributed by atoms with van der Waals surface area (Å²) in [4.78, 5) is 11.5. The Balaban J connectivity index is 2.08. The number of hydrogen-bond donors (Lipinski definition) is 2. The first-order valence-electron chi connectivity index (χ1n) is 5.68. The van der Waals surface area contributed by atoms with E-state index in [1.54, 1.807) is 0 Å². The van der Waals surface area contributed by atoms with Gasteiger partial charge in [-0.3, -0.25) is 4.79 Å². The molecule has 3 nitrogen and oxygen atoms in total. The van der Waals surface area contributed by atoms with Crippen molar-refractivity contribution in [2.45, 2.75) is 31.6 Å². The predicted molar refractivity (Wildman–Crippen MR) is 74.3 cm³/mol. The fourth-order valence-corrected chi connectivity index (χ4v) is 4.11. The van der Waals surface area contributed by atoms with Crippen LogP contribution in [0, 0.1) is 0 Å². The molecule has 94 valence electrons. The van der Waals surface area contributed by atoms with E-state index in [1.165, 1.54) is 17.3 Å². The molecule has 1 amide bonds. The molecule has 1 aliphatic rings. The van der Waals surface area contributed by atoms with Crippen molar-refractivity contribution in [3.8, 4) is 0 Å². The highest BCUT2D eigenvalue weighted by molar-refractivity contribution is 8.06. The summed E-state index contributed by atoms with van der Waals surface area (Å²) in [6.07, 6.45) is 0. The minimum absolute atomic E-state index is 0.0842. The molecule has 1 fully saturated rings. The molecule has 0 spiro atoms. The van der Waals surface area contributed by atoms with Crippen LogP contribution in [0.15, 0.2) is 0 Å². The minimum Gasteiger partial charge on any atom is -0.350 e. The van der Waals surface area contributed by atoms with E-state index < -0.39 is 0 Å². The number of thioether (sulfide) groups is 2. The Bertz CT molecular complexity index is 223. The maximum atomic E-state index is 11.5. The molecule has 1 rings (SSSR count). The van der Waals surface area contributed by atoms with Crippen molar-refractivity contribution in [1.82, 2.24) is 10.6 Å². The smallest absolute Gasteiger partial charge is 0.234 e. The van der Waals surface area contributed by atoms with Gasteiger partial charge in [0.1, 0.15) is 0 Å². The molecular weight excluding hydrogens is 240 g/mol. The Hall–Kier alpha value is 0.130. The van der Waals surface area contributed by atoms with Crippen LogP contribution in [0.5, 0.6) is 0 Å². The van der Waals surface area contributed by atoms with Crippen LogP contribution < -0.4 is 10.6 Å². The highest BCUT2D eigenvalue weighted by Crippen LogP contribution is 2.23. The van der Waals surface area contributed by atoms with E-state index in [2.05, 4.69) is 10.6 Å². The second-order valence-electron chi connectivity index (χ2n) is 5.00. The molecule has 0 aromatic heterocycles. The Morgan fingerprint density at radius 2 is 2.12 bits per heavy atom. The maximum Gasteiger partial charge on any atom is 0.234 e. The van der Waals surface area contributed by atoms with Gasteiger partial charge in [-0.2, -0.15) is 23.5 Å². The minimum atomic E-state index is -0.131. The third-order valence-corrected chi connectivity index (χ3v) is 4.90. The van der Waals surface area contributed by atoms with E-state index in [1.807, 2.05) is 44.3 Å². The fraction of sp³-hybridized carbons (Fsp3) is 0.909. The topological polar surface area (TPSA) is 41.1 Å². The molecule has 0 bridgehead atoms. The molecule has 5 heteroatoms. The highest BCUT2D eigenvalue weighted by Gasteiger charge is 2.16. The van der Waals surface area contributed by atoms with Gasteiger partial charge in [-0.15, -0.1) is 0 Å². The predicted octanol–water partition coefficient (Wildman–Crippen LogP) is 1.34. The maximum absolute atomic E-state index is 11.5. The van der Waals surface area contributed by atoms with Gasteiger partial charge in [0, 0.05) is 34.6 Å². The number of carbonyl (C=O) groups excluding carboxylic acids is 1. The summed E-state index contributed by atoms with van der Waals surface area (Å²) in [5.41, 5.74) is -0.131. The highest BCUT2D eigenvalue weighted by atomic mass is 32.2. The largest absolute Gasteiger partial charge is 0.350 e. The van der Waals surface area contributed by atoms with Crippen LogP contribution in [0.3, 0.4) is 0 Å². The number of amides is 1. The molecule has 1 atom stereocenters. The van der Waals surface area contributed by atoms with Gasteiger partial charge in [-0.1, -0.05) is 0 Å². The zero-order chi connectivity index (χ0) is 12.0. The molecule has 2 N–H and O–H groups in total. The van der Waals surface area contributed by atoms with Gasteiger partial charge in [-0.05, 0) is 20.8 Å². The molecular formula is C11H22N2OS2. The summed E-state index contributed by atoms with van der Waals surface area (Å²) in [6, 6.07) is 0. The summed E-state index contributed by atoms with van der Waals surface area (Å²) in [7, 11) is 0. The second-order valence-corrected chi connectivity index (χ2v) is 7.55. The van der Waals surface area contributed by atoms with Crippen molar-refractivity contribution in [3.05, 3.63) is 0 Å². The van der Waals surface area contributed by atoms with E-state index in [9.17, 15) is 4.79 Å². The zero-order valence-electron chi connectivity index (χ0n) is 10.3. The summed E-state index contributed by atoms with van der Waals surface area (Å²) in [6.45, 7) is 7.36. The average Bonchev–Trinajstić information content (AvgIpc) is 2.16. The number of rotatable bonds is 4. The van der Waals surface area contributed by atoms with Gasteiger partial charge in [0.25, 0.3) is 0 Å². The van der Waals surface area contributed by atoms with Crippen LogP contribution in [0.4, 0.5) is 0 Å². The molecule has 0 radical (unpaired) electrons. The van der Waals surface area contributed by atoms with Gasteiger partial charge in [-0.25, -0.2) is 0 Å². The molecule has 1 saturated heterocycles. The van der Waals surface area contributed by atoms with E-state index in [0.717, 1.165) is 6.54 Å². The number of hydrogen-bond acceptors (Lipinski definition) is 4. The van der Waals surface area contributed by atoms with Gasteiger partial charge in [0.15, 0.2) is 0 Å². The van der Waals surface area contributed by atoms with Gasteiger partial charge in [0.05, 0.1) is 6.54 Å². The number of nitrogens with one attached hydrogen (secondary N) is 2. The van der Waals surface area contributed by atoms with Crippen molar-refractivity contribution < 1.29 is 4.79 Å². The summed E-state index contributed by atoms with van der Waals surface area (Å²) < 4.78 is 0. The second kappa shape index (κ2) is 6.77. The normalized spacial score (nSPS) is 21.8. The molecule has 0 aliphatic carbocycles. The van der Waals surface area contributed by atoms with Crippen LogP contribution in [0.1, 0.15) is 20.8 Å². The molecule has 1 aliphatic heterocycles. The quantitative estimate of drug-likeness (QED) is 0.802. The van der Waals surface area contributed by atoms with Crippen LogP contribution in [0.25, 0.3) is 0 Å². The summed E-state index contributed by atoms with van der Waals surface area (Å²) in [5, 5.41) is 6.84. The first-order valence-corrected chi connectivity index (χ1v) is 7.89. The van der Waals surface area contributed by atoms with Crippen LogP contribution >= 0.6 is 23.5 Å². The van der Waals surface area contributed by atoms with E-state index >= 15 is 0 Å².